The van der Waals surface area contributed by atoms with Crippen molar-refractivity contribution < 1.29 is 4.79 Å². The van der Waals surface area contributed by atoms with E-state index in [1.165, 1.54) is 0 Å². The van der Waals surface area contributed by atoms with Crippen LogP contribution in [0.4, 0.5) is 0 Å². The fourth-order valence-corrected chi connectivity index (χ4v) is 1.20. The van der Waals surface area contributed by atoms with E-state index >= 15 is 0 Å². The largest absolute Gasteiger partial charge is 0.349 e. The van der Waals surface area contributed by atoms with Gasteiger partial charge in [-0.15, -0.1) is 0 Å². The monoisotopic (exact) mass is 174 g/mol. The number of nitrogens with zero attached hydrogens (tertiary/aromatic N) is 1. The van der Waals surface area contributed by atoms with Crippen LogP contribution in [-0.2, 0) is 4.79 Å². The van der Waals surface area contributed by atoms with Gasteiger partial charge in [0.05, 0.1) is 12.5 Å². The first-order valence-corrected chi connectivity index (χ1v) is 4.22. The van der Waals surface area contributed by atoms with Gasteiger partial charge in [0, 0.05) is 12.4 Å². The molecule has 2 rings (SSSR count). The Labute approximate surface area is 76.5 Å². The summed E-state index contributed by atoms with van der Waals surface area (Å²) >= 11 is 0. The lowest BCUT2D eigenvalue weighted by molar-refractivity contribution is -0.127. The van der Waals surface area contributed by atoms with Crippen LogP contribution in [0.3, 0.4) is 0 Å². The van der Waals surface area contributed by atoms with E-state index in [-0.39, 0.29) is 11.9 Å². The minimum absolute atomic E-state index is 0.126. The van der Waals surface area contributed by atoms with Gasteiger partial charge < -0.3 is 5.32 Å². The summed E-state index contributed by atoms with van der Waals surface area (Å²) in [6, 6.07) is 4.08. The van der Waals surface area contributed by atoms with E-state index < -0.39 is 0 Å². The third-order valence-electron chi connectivity index (χ3n) is 1.96. The van der Waals surface area contributed by atoms with Gasteiger partial charge in [-0.25, -0.2) is 0 Å². The topological polar surface area (TPSA) is 42.0 Å². The van der Waals surface area contributed by atoms with Crippen LogP contribution < -0.4 is 5.32 Å². The first kappa shape index (κ1) is 7.98. The van der Waals surface area contributed by atoms with Crippen LogP contribution >= 0.6 is 0 Å². The number of nitrogens with one attached hydrogen (secondary N) is 1. The highest BCUT2D eigenvalue weighted by Gasteiger charge is 2.21. The molecule has 3 heteroatoms. The lowest BCUT2D eigenvalue weighted by Gasteiger charge is -2.23. The van der Waals surface area contributed by atoms with E-state index in [1.54, 1.807) is 12.4 Å². The molecule has 1 aromatic heterocycles. The molecule has 0 saturated carbocycles. The maximum atomic E-state index is 10.6. The van der Waals surface area contributed by atoms with Gasteiger partial charge in [-0.05, 0) is 11.6 Å². The van der Waals surface area contributed by atoms with Crippen LogP contribution in [0.25, 0.3) is 6.08 Å². The zero-order valence-electron chi connectivity index (χ0n) is 7.10. The molecule has 0 aromatic carbocycles. The van der Waals surface area contributed by atoms with Gasteiger partial charge in [0.2, 0.25) is 5.91 Å². The van der Waals surface area contributed by atoms with Gasteiger partial charge in [0.15, 0.2) is 0 Å². The van der Waals surface area contributed by atoms with Gasteiger partial charge >= 0.3 is 0 Å². The number of hydrogen-bond acceptors (Lipinski definition) is 2. The van der Waals surface area contributed by atoms with Crippen molar-refractivity contribution in [3.63, 3.8) is 0 Å². The fraction of sp³-hybridized carbons (Fsp3) is 0.200. The SMILES string of the molecule is O=C1C[C@@H](/C=C/c2cccnc2)N1. The van der Waals surface area contributed by atoms with Crippen molar-refractivity contribution in [3.8, 4) is 0 Å². The van der Waals surface area contributed by atoms with Crippen molar-refractivity contribution >= 4 is 12.0 Å². The number of β-lactam (4-membered cyclic amide) rings is 1. The molecule has 66 valence electrons. The number of carbonyl (C=O) groups excluding carboxylic acids is 1. The molecule has 1 aliphatic heterocycles. The van der Waals surface area contributed by atoms with E-state index in [0.717, 1.165) is 5.56 Å². The molecule has 0 spiro atoms. The summed E-state index contributed by atoms with van der Waals surface area (Å²) in [4.78, 5) is 14.5. The highest BCUT2D eigenvalue weighted by Crippen LogP contribution is 2.08. The maximum Gasteiger partial charge on any atom is 0.222 e. The van der Waals surface area contributed by atoms with Crippen molar-refractivity contribution in [2.24, 2.45) is 0 Å². The Morgan fingerprint density at radius 3 is 3.08 bits per heavy atom. The predicted molar refractivity (Wildman–Crippen MR) is 49.8 cm³/mol. The quantitative estimate of drug-likeness (QED) is 0.679. The molecule has 3 nitrogen and oxygen atoms in total. The first-order valence-electron chi connectivity index (χ1n) is 4.22. The summed E-state index contributed by atoms with van der Waals surface area (Å²) in [5.74, 6) is 0.126. The molecule has 1 amide bonds. The Bertz CT molecular complexity index is 324. The Kier molecular flexibility index (Phi) is 2.08. The number of rotatable bonds is 2. The second-order valence-corrected chi connectivity index (χ2v) is 3.02. The molecule has 0 bridgehead atoms. The maximum absolute atomic E-state index is 10.6. The highest BCUT2D eigenvalue weighted by atomic mass is 16.2. The van der Waals surface area contributed by atoms with Crippen molar-refractivity contribution in [2.75, 3.05) is 0 Å². The summed E-state index contributed by atoms with van der Waals surface area (Å²) in [5.41, 5.74) is 1.06. The minimum Gasteiger partial charge on any atom is -0.349 e. The van der Waals surface area contributed by atoms with Crippen LogP contribution in [0.1, 0.15) is 12.0 Å². The molecule has 13 heavy (non-hydrogen) atoms. The van der Waals surface area contributed by atoms with Gasteiger partial charge in [0.1, 0.15) is 0 Å². The normalized spacial score (nSPS) is 21.2. The van der Waals surface area contributed by atoms with E-state index in [2.05, 4.69) is 10.3 Å². The standard InChI is InChI=1S/C10H10N2O/c13-10-6-9(12-10)4-3-8-2-1-5-11-7-8/h1-5,7,9H,6H2,(H,12,13)/b4-3+/t9-/m1/s1. The van der Waals surface area contributed by atoms with E-state index in [0.29, 0.717) is 6.42 Å². The molecule has 1 atom stereocenters. The summed E-state index contributed by atoms with van der Waals surface area (Å²) in [6.07, 6.45) is 8.09. The lowest BCUT2D eigenvalue weighted by atomic mass is 10.1. The van der Waals surface area contributed by atoms with Gasteiger partial charge in [-0.2, -0.15) is 0 Å². The molecule has 1 fully saturated rings. The Morgan fingerprint density at radius 1 is 1.62 bits per heavy atom. The van der Waals surface area contributed by atoms with Gasteiger partial charge in [0.25, 0.3) is 0 Å². The third kappa shape index (κ3) is 1.93. The Balaban J connectivity index is 1.95. The summed E-state index contributed by atoms with van der Waals surface area (Å²) in [5, 5.41) is 2.77. The first-order chi connectivity index (χ1) is 6.34. The third-order valence-corrected chi connectivity index (χ3v) is 1.96. The van der Waals surface area contributed by atoms with E-state index in [4.69, 9.17) is 0 Å². The van der Waals surface area contributed by atoms with Crippen molar-refractivity contribution in [1.82, 2.24) is 10.3 Å². The second-order valence-electron chi connectivity index (χ2n) is 3.02. The lowest BCUT2D eigenvalue weighted by Crippen LogP contribution is -2.46. The zero-order chi connectivity index (χ0) is 9.10. The number of carbonyl (C=O) groups is 1. The van der Waals surface area contributed by atoms with Gasteiger partial charge in [-0.3, -0.25) is 9.78 Å². The predicted octanol–water partition coefficient (Wildman–Crippen LogP) is 0.983. The van der Waals surface area contributed by atoms with Crippen LogP contribution in [0.15, 0.2) is 30.6 Å². The zero-order valence-corrected chi connectivity index (χ0v) is 7.10. The molecular weight excluding hydrogens is 164 g/mol. The van der Waals surface area contributed by atoms with Crippen LogP contribution in [0, 0.1) is 0 Å². The number of amides is 1. The van der Waals surface area contributed by atoms with Crippen molar-refractivity contribution in [2.45, 2.75) is 12.5 Å². The highest BCUT2D eigenvalue weighted by molar-refractivity contribution is 5.84. The number of hydrogen-bond donors (Lipinski definition) is 1. The summed E-state index contributed by atoms with van der Waals surface area (Å²) in [6.45, 7) is 0. The summed E-state index contributed by atoms with van der Waals surface area (Å²) < 4.78 is 0. The smallest absolute Gasteiger partial charge is 0.222 e. The number of aromatic nitrogens is 1. The molecule has 2 heterocycles. The molecule has 0 unspecified atom stereocenters. The number of pyridine rings is 1. The average Bonchev–Trinajstić information content (AvgIpc) is 2.12. The molecule has 1 N–H and O–H groups in total. The Hall–Kier alpha value is -1.64. The van der Waals surface area contributed by atoms with E-state index in [9.17, 15) is 4.79 Å². The van der Waals surface area contributed by atoms with E-state index in [1.807, 2.05) is 24.3 Å². The molecule has 0 radical (unpaired) electrons. The molecule has 1 aliphatic rings. The molecular formula is C10H10N2O. The molecule has 1 aromatic rings. The van der Waals surface area contributed by atoms with Crippen LogP contribution in [-0.4, -0.2) is 16.9 Å². The van der Waals surface area contributed by atoms with Crippen LogP contribution in [0.5, 0.6) is 0 Å². The van der Waals surface area contributed by atoms with Crippen molar-refractivity contribution in [3.05, 3.63) is 36.2 Å². The molecule has 1 saturated heterocycles. The van der Waals surface area contributed by atoms with Crippen LogP contribution in [0.2, 0.25) is 0 Å². The Morgan fingerprint density at radius 2 is 2.46 bits per heavy atom. The minimum atomic E-state index is 0.126. The van der Waals surface area contributed by atoms with Gasteiger partial charge in [-0.1, -0.05) is 18.2 Å². The fourth-order valence-electron chi connectivity index (χ4n) is 1.20. The average molecular weight is 174 g/mol. The molecule has 0 aliphatic carbocycles. The van der Waals surface area contributed by atoms with Crippen molar-refractivity contribution in [1.29, 1.82) is 0 Å². The summed E-state index contributed by atoms with van der Waals surface area (Å²) in [7, 11) is 0. The second kappa shape index (κ2) is 3.39.